The molecule has 0 radical (unpaired) electrons. The number of ether oxygens (including phenoxy) is 1. The first-order valence-corrected chi connectivity index (χ1v) is 5.46. The first-order chi connectivity index (χ1) is 8.18. The maximum Gasteiger partial charge on any atom is 0.330 e. The molecule has 0 fully saturated rings. The molecule has 0 amide bonds. The minimum Gasteiger partial charge on any atom is -0.456 e. The number of esters is 1. The van der Waals surface area contributed by atoms with Crippen molar-refractivity contribution in [3.8, 4) is 0 Å². The fourth-order valence-corrected chi connectivity index (χ4v) is 1.79. The van der Waals surface area contributed by atoms with Gasteiger partial charge in [-0.2, -0.15) is 0 Å². The van der Waals surface area contributed by atoms with Crippen LogP contribution in [0.3, 0.4) is 0 Å². The topological polar surface area (TPSA) is 66.8 Å². The van der Waals surface area contributed by atoms with Gasteiger partial charge in [0, 0.05) is 12.5 Å². The highest BCUT2D eigenvalue weighted by Gasteiger charge is 2.30. The summed E-state index contributed by atoms with van der Waals surface area (Å²) >= 11 is 0. The number of benzene rings is 1. The zero-order valence-electron chi connectivity index (χ0n) is 9.19. The van der Waals surface area contributed by atoms with Crippen molar-refractivity contribution < 1.29 is 19.7 Å². The van der Waals surface area contributed by atoms with Gasteiger partial charge in [-0.15, -0.1) is 0 Å². The lowest BCUT2D eigenvalue weighted by molar-refractivity contribution is -0.155. The summed E-state index contributed by atoms with van der Waals surface area (Å²) in [5.74, 6) is -0.486. The molecule has 1 aliphatic rings. The molecule has 17 heavy (non-hydrogen) atoms. The second-order valence-electron chi connectivity index (χ2n) is 3.96. The van der Waals surface area contributed by atoms with Crippen molar-refractivity contribution in [2.24, 2.45) is 0 Å². The normalized spacial score (nSPS) is 22.9. The van der Waals surface area contributed by atoms with E-state index in [1.807, 2.05) is 6.07 Å². The van der Waals surface area contributed by atoms with Gasteiger partial charge in [-0.1, -0.05) is 36.4 Å². The van der Waals surface area contributed by atoms with Crippen LogP contribution in [-0.4, -0.2) is 28.4 Å². The summed E-state index contributed by atoms with van der Waals surface area (Å²) in [6.45, 7) is 0. The third kappa shape index (κ3) is 2.72. The molecule has 0 saturated heterocycles. The molecule has 90 valence electrons. The SMILES string of the molecule is O=C1C=CC[C@@H]([C@@H](O)[C@H](O)c2ccccc2)O1. The Morgan fingerprint density at radius 1 is 1.24 bits per heavy atom. The zero-order valence-corrected chi connectivity index (χ0v) is 9.19. The Morgan fingerprint density at radius 3 is 2.59 bits per heavy atom. The predicted octanol–water partition coefficient (Wildman–Crippen LogP) is 0.953. The van der Waals surface area contributed by atoms with E-state index in [0.29, 0.717) is 12.0 Å². The van der Waals surface area contributed by atoms with E-state index >= 15 is 0 Å². The fourth-order valence-electron chi connectivity index (χ4n) is 1.79. The molecule has 1 heterocycles. The number of carbonyl (C=O) groups excluding carboxylic acids is 1. The van der Waals surface area contributed by atoms with Gasteiger partial charge in [0.15, 0.2) is 0 Å². The van der Waals surface area contributed by atoms with Crippen LogP contribution in [-0.2, 0) is 9.53 Å². The van der Waals surface area contributed by atoms with E-state index in [1.54, 1.807) is 30.3 Å². The Labute approximate surface area is 99.2 Å². The highest BCUT2D eigenvalue weighted by Crippen LogP contribution is 2.23. The van der Waals surface area contributed by atoms with Gasteiger partial charge in [0.05, 0.1) is 0 Å². The third-order valence-electron chi connectivity index (χ3n) is 2.74. The van der Waals surface area contributed by atoms with E-state index in [1.165, 1.54) is 6.08 Å². The number of hydrogen-bond donors (Lipinski definition) is 2. The molecule has 0 unspecified atom stereocenters. The second-order valence-corrected chi connectivity index (χ2v) is 3.96. The van der Waals surface area contributed by atoms with Crippen LogP contribution in [0.2, 0.25) is 0 Å². The van der Waals surface area contributed by atoms with Gasteiger partial charge in [-0.25, -0.2) is 4.79 Å². The number of aliphatic hydroxyl groups excluding tert-OH is 2. The molecule has 1 aromatic rings. The van der Waals surface area contributed by atoms with Crippen LogP contribution >= 0.6 is 0 Å². The van der Waals surface area contributed by atoms with Gasteiger partial charge >= 0.3 is 5.97 Å². The molecule has 2 rings (SSSR count). The smallest absolute Gasteiger partial charge is 0.330 e. The number of hydrogen-bond acceptors (Lipinski definition) is 4. The number of aliphatic hydroxyl groups is 2. The Balaban J connectivity index is 2.07. The highest BCUT2D eigenvalue weighted by atomic mass is 16.6. The first kappa shape index (κ1) is 11.8. The van der Waals surface area contributed by atoms with Crippen molar-refractivity contribution in [3.05, 3.63) is 48.0 Å². The van der Waals surface area contributed by atoms with Crippen molar-refractivity contribution in [1.82, 2.24) is 0 Å². The van der Waals surface area contributed by atoms with E-state index in [-0.39, 0.29) is 0 Å². The lowest BCUT2D eigenvalue weighted by Crippen LogP contribution is -2.36. The van der Waals surface area contributed by atoms with Crippen LogP contribution in [0.15, 0.2) is 42.5 Å². The summed E-state index contributed by atoms with van der Waals surface area (Å²) in [7, 11) is 0. The summed E-state index contributed by atoms with van der Waals surface area (Å²) in [5.41, 5.74) is 0.602. The molecule has 0 spiro atoms. The summed E-state index contributed by atoms with van der Waals surface area (Å²) in [6.07, 6.45) is 0.501. The molecule has 4 heteroatoms. The van der Waals surface area contributed by atoms with Crippen molar-refractivity contribution in [1.29, 1.82) is 0 Å². The van der Waals surface area contributed by atoms with Crippen LogP contribution in [0, 0.1) is 0 Å². The number of rotatable bonds is 3. The van der Waals surface area contributed by atoms with E-state index < -0.39 is 24.3 Å². The van der Waals surface area contributed by atoms with Crippen LogP contribution in [0.4, 0.5) is 0 Å². The predicted molar refractivity (Wildman–Crippen MR) is 61.0 cm³/mol. The fraction of sp³-hybridized carbons (Fsp3) is 0.308. The zero-order chi connectivity index (χ0) is 12.3. The maximum absolute atomic E-state index is 11.0. The van der Waals surface area contributed by atoms with Gasteiger partial charge in [0.2, 0.25) is 0 Å². The second kappa shape index (κ2) is 5.12. The first-order valence-electron chi connectivity index (χ1n) is 5.46. The number of cyclic esters (lactones) is 1. The van der Waals surface area contributed by atoms with Crippen molar-refractivity contribution in [2.75, 3.05) is 0 Å². The quantitative estimate of drug-likeness (QED) is 0.764. The highest BCUT2D eigenvalue weighted by molar-refractivity contribution is 5.82. The lowest BCUT2D eigenvalue weighted by Gasteiger charge is -2.27. The van der Waals surface area contributed by atoms with Gasteiger partial charge in [-0.3, -0.25) is 0 Å². The molecule has 0 bridgehead atoms. The summed E-state index contributed by atoms with van der Waals surface area (Å²) in [5, 5.41) is 19.9. The van der Waals surface area contributed by atoms with E-state index in [2.05, 4.69) is 0 Å². The summed E-state index contributed by atoms with van der Waals surface area (Å²) < 4.78 is 4.95. The molecule has 0 aliphatic carbocycles. The minimum atomic E-state index is -1.12. The van der Waals surface area contributed by atoms with Crippen molar-refractivity contribution >= 4 is 5.97 Å². The van der Waals surface area contributed by atoms with Gasteiger partial charge in [0.1, 0.15) is 18.3 Å². The summed E-state index contributed by atoms with van der Waals surface area (Å²) in [6, 6.07) is 8.81. The molecule has 3 atom stereocenters. The van der Waals surface area contributed by atoms with Crippen LogP contribution in [0.5, 0.6) is 0 Å². The monoisotopic (exact) mass is 234 g/mol. The molecule has 0 aromatic heterocycles. The van der Waals surface area contributed by atoms with Gasteiger partial charge < -0.3 is 14.9 Å². The molecular formula is C13H14O4. The van der Waals surface area contributed by atoms with E-state index in [0.717, 1.165) is 0 Å². The van der Waals surface area contributed by atoms with Crippen molar-refractivity contribution in [3.63, 3.8) is 0 Å². The standard InChI is InChI=1S/C13H14O4/c14-11-8-4-7-10(17-11)13(16)12(15)9-5-2-1-3-6-9/h1-6,8,10,12-13,15-16H,7H2/t10-,12+,13+/m0/s1. The minimum absolute atomic E-state index is 0.413. The van der Waals surface area contributed by atoms with Crippen LogP contribution in [0.1, 0.15) is 18.1 Å². The Bertz CT molecular complexity index is 413. The van der Waals surface area contributed by atoms with Crippen LogP contribution < -0.4 is 0 Å². The average molecular weight is 234 g/mol. The molecule has 0 saturated carbocycles. The molecule has 1 aromatic carbocycles. The number of carbonyl (C=O) groups is 1. The summed E-state index contributed by atoms with van der Waals surface area (Å²) in [4.78, 5) is 11.0. The van der Waals surface area contributed by atoms with Crippen molar-refractivity contribution in [2.45, 2.75) is 24.7 Å². The molecular weight excluding hydrogens is 220 g/mol. The largest absolute Gasteiger partial charge is 0.456 e. The Morgan fingerprint density at radius 2 is 1.94 bits per heavy atom. The Hall–Kier alpha value is -1.65. The van der Waals surface area contributed by atoms with Gasteiger partial charge in [-0.05, 0) is 5.56 Å². The maximum atomic E-state index is 11.0. The third-order valence-corrected chi connectivity index (χ3v) is 2.74. The molecule has 4 nitrogen and oxygen atoms in total. The van der Waals surface area contributed by atoms with Gasteiger partial charge in [0.25, 0.3) is 0 Å². The van der Waals surface area contributed by atoms with Crippen LogP contribution in [0.25, 0.3) is 0 Å². The average Bonchev–Trinajstić information content (AvgIpc) is 2.38. The molecule has 1 aliphatic heterocycles. The lowest BCUT2D eigenvalue weighted by atomic mass is 9.98. The Kier molecular flexibility index (Phi) is 3.56. The van der Waals surface area contributed by atoms with E-state index in [9.17, 15) is 15.0 Å². The van der Waals surface area contributed by atoms with E-state index in [4.69, 9.17) is 4.74 Å². The molecule has 2 N–H and O–H groups in total.